The third-order valence-electron chi connectivity index (χ3n) is 2.44. The van der Waals surface area contributed by atoms with Gasteiger partial charge in [-0.05, 0) is 12.8 Å². The Labute approximate surface area is 93.7 Å². The molecule has 15 heavy (non-hydrogen) atoms. The second-order valence-corrected chi connectivity index (χ2v) is 5.17. The highest BCUT2D eigenvalue weighted by molar-refractivity contribution is 8.01. The molecule has 1 aliphatic carbocycles. The molecule has 0 spiro atoms. The summed E-state index contributed by atoms with van der Waals surface area (Å²) in [6.45, 7) is 0. The van der Waals surface area contributed by atoms with Gasteiger partial charge in [-0.25, -0.2) is 0 Å². The van der Waals surface area contributed by atoms with E-state index in [1.807, 2.05) is 0 Å². The van der Waals surface area contributed by atoms with Gasteiger partial charge in [0.05, 0.1) is 27.1 Å². The van der Waals surface area contributed by atoms with Gasteiger partial charge in [0, 0.05) is 10.5 Å². The van der Waals surface area contributed by atoms with Gasteiger partial charge in [0.15, 0.2) is 0 Å². The molecule has 4 nitrogen and oxygen atoms in total. The summed E-state index contributed by atoms with van der Waals surface area (Å²) in [5, 5.41) is 0. The quantitative estimate of drug-likeness (QED) is 0.647. The van der Waals surface area contributed by atoms with Crippen molar-refractivity contribution in [2.75, 3.05) is 20.0 Å². The van der Waals surface area contributed by atoms with Gasteiger partial charge in [0.1, 0.15) is 0 Å². The Kier molecular flexibility index (Phi) is 4.45. The number of hydrogen-bond acceptors (Lipinski definition) is 5. The molecule has 0 aromatic rings. The van der Waals surface area contributed by atoms with E-state index >= 15 is 0 Å². The van der Waals surface area contributed by atoms with Crippen LogP contribution in [0.25, 0.3) is 0 Å². The topological polar surface area (TPSA) is 52.6 Å². The molecule has 0 aromatic carbocycles. The lowest BCUT2D eigenvalue weighted by molar-refractivity contribution is -0.141. The van der Waals surface area contributed by atoms with Crippen LogP contribution in [0.5, 0.6) is 0 Å². The Balaban J connectivity index is 2.20. The summed E-state index contributed by atoms with van der Waals surface area (Å²) in [6.07, 6.45) is 2.93. The third-order valence-corrected chi connectivity index (χ3v) is 4.02. The first-order valence-corrected chi connectivity index (χ1v) is 5.88. The molecule has 86 valence electrons. The summed E-state index contributed by atoms with van der Waals surface area (Å²) in [6, 6.07) is 0. The molecular weight excluding hydrogens is 216 g/mol. The molecule has 5 heteroatoms. The fraction of sp³-hybridized carbons (Fsp3) is 0.800. The van der Waals surface area contributed by atoms with Gasteiger partial charge in [0.2, 0.25) is 0 Å². The van der Waals surface area contributed by atoms with Crippen molar-refractivity contribution in [1.82, 2.24) is 0 Å². The van der Waals surface area contributed by atoms with E-state index in [2.05, 4.69) is 9.47 Å². The zero-order chi connectivity index (χ0) is 11.3. The van der Waals surface area contributed by atoms with Crippen molar-refractivity contribution in [3.63, 3.8) is 0 Å². The van der Waals surface area contributed by atoms with Crippen LogP contribution in [-0.2, 0) is 19.1 Å². The molecule has 0 aromatic heterocycles. The van der Waals surface area contributed by atoms with Crippen LogP contribution in [0.4, 0.5) is 0 Å². The lowest BCUT2D eigenvalue weighted by Gasteiger charge is -2.12. The minimum Gasteiger partial charge on any atom is -0.469 e. The van der Waals surface area contributed by atoms with Gasteiger partial charge >= 0.3 is 11.9 Å². The minimum atomic E-state index is -0.198. The van der Waals surface area contributed by atoms with Crippen molar-refractivity contribution >= 4 is 23.7 Å². The van der Waals surface area contributed by atoms with E-state index in [0.717, 1.165) is 12.8 Å². The lowest BCUT2D eigenvalue weighted by Crippen LogP contribution is -2.14. The predicted molar refractivity (Wildman–Crippen MR) is 57.7 cm³/mol. The van der Waals surface area contributed by atoms with E-state index < -0.39 is 0 Å². The first-order valence-electron chi connectivity index (χ1n) is 4.89. The number of esters is 2. The highest BCUT2D eigenvalue weighted by Gasteiger charge is 2.45. The van der Waals surface area contributed by atoms with Crippen LogP contribution >= 0.6 is 11.8 Å². The largest absolute Gasteiger partial charge is 0.469 e. The van der Waals surface area contributed by atoms with Crippen LogP contribution in [0.1, 0.15) is 25.7 Å². The van der Waals surface area contributed by atoms with Crippen LogP contribution in [0.3, 0.4) is 0 Å². The van der Waals surface area contributed by atoms with Gasteiger partial charge < -0.3 is 9.47 Å². The zero-order valence-electron chi connectivity index (χ0n) is 9.08. The van der Waals surface area contributed by atoms with Crippen molar-refractivity contribution in [1.29, 1.82) is 0 Å². The fourth-order valence-corrected chi connectivity index (χ4v) is 2.61. The van der Waals surface area contributed by atoms with Crippen LogP contribution in [0.15, 0.2) is 0 Å². The number of rotatable bonds is 6. The first kappa shape index (κ1) is 12.4. The second-order valence-electron chi connectivity index (χ2n) is 3.61. The summed E-state index contributed by atoms with van der Waals surface area (Å²) in [5.41, 5.74) is 0. The zero-order valence-corrected chi connectivity index (χ0v) is 9.89. The maximum Gasteiger partial charge on any atom is 0.306 e. The third kappa shape index (κ3) is 4.11. The van der Waals surface area contributed by atoms with Gasteiger partial charge in [-0.1, -0.05) is 0 Å². The molecule has 1 rings (SSSR count). The SMILES string of the molecule is COC(=O)CCSC1(CC(=O)OC)CC1. The molecule has 0 bridgehead atoms. The highest BCUT2D eigenvalue weighted by atomic mass is 32.2. The molecule has 0 N–H and O–H groups in total. The minimum absolute atomic E-state index is 0.0428. The van der Waals surface area contributed by atoms with Gasteiger partial charge in [-0.3, -0.25) is 9.59 Å². The number of ether oxygens (including phenoxy) is 2. The molecular formula is C10H16O4S. The number of thioether (sulfide) groups is 1. The smallest absolute Gasteiger partial charge is 0.306 e. The second kappa shape index (κ2) is 5.39. The molecule has 0 atom stereocenters. The summed E-state index contributed by atoms with van der Waals surface area (Å²) in [7, 11) is 2.78. The van der Waals surface area contributed by atoms with Crippen molar-refractivity contribution in [2.45, 2.75) is 30.4 Å². The average Bonchev–Trinajstić information content (AvgIpc) is 2.97. The Morgan fingerprint density at radius 2 is 1.80 bits per heavy atom. The first-order chi connectivity index (χ1) is 7.12. The molecule has 0 amide bonds. The van der Waals surface area contributed by atoms with Crippen LogP contribution in [-0.4, -0.2) is 36.7 Å². The van der Waals surface area contributed by atoms with Crippen LogP contribution < -0.4 is 0 Å². The summed E-state index contributed by atoms with van der Waals surface area (Å²) >= 11 is 1.68. The molecule has 1 fully saturated rings. The van der Waals surface area contributed by atoms with E-state index in [1.54, 1.807) is 11.8 Å². The monoisotopic (exact) mass is 232 g/mol. The maximum atomic E-state index is 11.1. The van der Waals surface area contributed by atoms with Crippen LogP contribution in [0, 0.1) is 0 Å². The molecule has 0 radical (unpaired) electrons. The van der Waals surface area contributed by atoms with Crippen molar-refractivity contribution in [3.05, 3.63) is 0 Å². The summed E-state index contributed by atoms with van der Waals surface area (Å²) in [5.74, 6) is 0.346. The van der Waals surface area contributed by atoms with Gasteiger partial charge in [-0.15, -0.1) is 0 Å². The van der Waals surface area contributed by atoms with Gasteiger partial charge in [0.25, 0.3) is 0 Å². The summed E-state index contributed by atoms with van der Waals surface area (Å²) < 4.78 is 9.22. The van der Waals surface area contributed by atoms with Gasteiger partial charge in [-0.2, -0.15) is 11.8 Å². The standard InChI is InChI=1S/C10H16O4S/c1-13-8(11)3-6-15-10(4-5-10)7-9(12)14-2/h3-7H2,1-2H3. The summed E-state index contributed by atoms with van der Waals surface area (Å²) in [4.78, 5) is 22.0. The van der Waals surface area contributed by atoms with E-state index in [9.17, 15) is 9.59 Å². The molecule has 0 saturated heterocycles. The van der Waals surface area contributed by atoms with E-state index in [4.69, 9.17) is 0 Å². The van der Waals surface area contributed by atoms with E-state index in [-0.39, 0.29) is 16.7 Å². The fourth-order valence-electron chi connectivity index (χ4n) is 1.30. The Hall–Kier alpha value is -0.710. The van der Waals surface area contributed by atoms with E-state index in [1.165, 1.54) is 14.2 Å². The maximum absolute atomic E-state index is 11.1. The van der Waals surface area contributed by atoms with Crippen molar-refractivity contribution < 1.29 is 19.1 Å². The molecule has 1 saturated carbocycles. The average molecular weight is 232 g/mol. The van der Waals surface area contributed by atoms with Crippen molar-refractivity contribution in [2.24, 2.45) is 0 Å². The molecule has 1 aliphatic rings. The predicted octanol–water partition coefficient (Wildman–Crippen LogP) is 1.38. The van der Waals surface area contributed by atoms with Crippen molar-refractivity contribution in [3.8, 4) is 0 Å². The number of carbonyl (C=O) groups excluding carboxylic acids is 2. The molecule has 0 heterocycles. The molecule has 0 aliphatic heterocycles. The normalized spacial score (nSPS) is 16.9. The molecule has 0 unspecified atom stereocenters. The van der Waals surface area contributed by atoms with E-state index in [0.29, 0.717) is 18.6 Å². The Bertz CT molecular complexity index is 248. The highest BCUT2D eigenvalue weighted by Crippen LogP contribution is 2.51. The number of hydrogen-bond donors (Lipinski definition) is 0. The van der Waals surface area contributed by atoms with Crippen LogP contribution in [0.2, 0.25) is 0 Å². The Morgan fingerprint density at radius 3 is 2.27 bits per heavy atom. The Morgan fingerprint density at radius 1 is 1.20 bits per heavy atom. The number of methoxy groups -OCH3 is 2. The lowest BCUT2D eigenvalue weighted by atomic mass is 10.3. The number of carbonyl (C=O) groups is 2.